The first-order valence-corrected chi connectivity index (χ1v) is 12.6. The van der Waals surface area contributed by atoms with Gasteiger partial charge in [0.1, 0.15) is 0 Å². The fourth-order valence-corrected chi connectivity index (χ4v) is 5.22. The molecule has 1 heterocycles. The van der Waals surface area contributed by atoms with Crippen LogP contribution in [-0.2, 0) is 26.5 Å². The van der Waals surface area contributed by atoms with E-state index in [2.05, 4.69) is 30.9 Å². The lowest BCUT2D eigenvalue weighted by Crippen LogP contribution is -2.42. The molecule has 1 fully saturated rings. The molecule has 0 aromatic heterocycles. The summed E-state index contributed by atoms with van der Waals surface area (Å²) >= 11 is 6.08. The Balaban J connectivity index is 1.71. The van der Waals surface area contributed by atoms with Crippen molar-refractivity contribution in [2.24, 2.45) is 5.41 Å². The molecule has 4 nitrogen and oxygen atoms in total. The summed E-state index contributed by atoms with van der Waals surface area (Å²) in [6, 6.07) is 15.4. The fourth-order valence-electron chi connectivity index (χ4n) is 4.47. The summed E-state index contributed by atoms with van der Waals surface area (Å²) in [6.45, 7) is 7.25. The highest BCUT2D eigenvalue weighted by atomic mass is 35.5. The summed E-state index contributed by atoms with van der Waals surface area (Å²) in [7, 11) is -1.39. The minimum absolute atomic E-state index is 0.0861. The van der Waals surface area contributed by atoms with Gasteiger partial charge < -0.3 is 4.74 Å². The molecular weight excluding hydrogens is 418 g/mol. The SMILES string of the molecule is COC[C@@]1(CCc2ccc(S(C)(=O)=O)cc2)CCN(C(C)(C)c2ccc(Cl)cc2)C1. The van der Waals surface area contributed by atoms with Crippen LogP contribution in [0.5, 0.6) is 0 Å². The highest BCUT2D eigenvalue weighted by Gasteiger charge is 2.43. The number of hydrogen-bond donors (Lipinski definition) is 0. The van der Waals surface area contributed by atoms with Gasteiger partial charge in [-0.1, -0.05) is 35.9 Å². The van der Waals surface area contributed by atoms with Gasteiger partial charge in [0.25, 0.3) is 0 Å². The third-order valence-corrected chi connectivity index (χ3v) is 7.91. The second kappa shape index (κ2) is 8.99. The minimum atomic E-state index is -3.16. The fraction of sp³-hybridized carbons (Fsp3) is 0.500. The van der Waals surface area contributed by atoms with Crippen molar-refractivity contribution in [1.29, 1.82) is 0 Å². The Labute approximate surface area is 186 Å². The Hall–Kier alpha value is -1.40. The maximum absolute atomic E-state index is 11.7. The Bertz CT molecular complexity index is 955. The number of aryl methyl sites for hydroxylation is 1. The molecule has 1 aliphatic heterocycles. The Morgan fingerprint density at radius 2 is 1.73 bits per heavy atom. The van der Waals surface area contributed by atoms with Crippen molar-refractivity contribution in [2.45, 2.75) is 43.5 Å². The molecule has 0 radical (unpaired) electrons. The number of nitrogens with zero attached hydrogens (tertiary/aromatic N) is 1. The molecule has 3 rings (SSSR count). The summed E-state index contributed by atoms with van der Waals surface area (Å²) in [5, 5.41) is 0.756. The van der Waals surface area contributed by atoms with Gasteiger partial charge in [-0.05, 0) is 75.0 Å². The van der Waals surface area contributed by atoms with Crippen molar-refractivity contribution < 1.29 is 13.2 Å². The number of ether oxygens (including phenoxy) is 1. The molecule has 164 valence electrons. The van der Waals surface area contributed by atoms with Crippen molar-refractivity contribution in [2.75, 3.05) is 33.1 Å². The molecule has 2 aromatic rings. The number of likely N-dealkylation sites (tertiary alicyclic amines) is 1. The van der Waals surface area contributed by atoms with Crippen LogP contribution in [0.3, 0.4) is 0 Å². The predicted octanol–water partition coefficient (Wildman–Crippen LogP) is 4.95. The van der Waals surface area contributed by atoms with Crippen LogP contribution in [0, 0.1) is 5.41 Å². The predicted molar refractivity (Wildman–Crippen MR) is 123 cm³/mol. The van der Waals surface area contributed by atoms with Crippen LogP contribution >= 0.6 is 11.6 Å². The van der Waals surface area contributed by atoms with Gasteiger partial charge in [-0.2, -0.15) is 0 Å². The summed E-state index contributed by atoms with van der Waals surface area (Å²) in [4.78, 5) is 2.91. The van der Waals surface area contributed by atoms with Gasteiger partial charge >= 0.3 is 0 Å². The molecule has 30 heavy (non-hydrogen) atoms. The summed E-state index contributed by atoms with van der Waals surface area (Å²) in [6.07, 6.45) is 4.24. The first-order chi connectivity index (χ1) is 14.1. The molecule has 1 aliphatic rings. The van der Waals surface area contributed by atoms with Gasteiger partial charge in [-0.15, -0.1) is 0 Å². The number of sulfone groups is 1. The Morgan fingerprint density at radius 1 is 1.10 bits per heavy atom. The average Bonchev–Trinajstić information content (AvgIpc) is 3.12. The maximum Gasteiger partial charge on any atom is 0.175 e. The van der Waals surface area contributed by atoms with Crippen molar-refractivity contribution >= 4 is 21.4 Å². The van der Waals surface area contributed by atoms with Gasteiger partial charge in [0, 0.05) is 35.9 Å². The van der Waals surface area contributed by atoms with E-state index < -0.39 is 9.84 Å². The lowest BCUT2D eigenvalue weighted by molar-refractivity contribution is 0.0602. The van der Waals surface area contributed by atoms with E-state index in [4.69, 9.17) is 16.3 Å². The zero-order chi connectivity index (χ0) is 22.0. The van der Waals surface area contributed by atoms with Crippen LogP contribution in [0.4, 0.5) is 0 Å². The van der Waals surface area contributed by atoms with E-state index in [1.165, 1.54) is 11.8 Å². The van der Waals surface area contributed by atoms with Crippen LogP contribution in [-0.4, -0.2) is 46.4 Å². The lowest BCUT2D eigenvalue weighted by Gasteiger charge is -2.38. The first-order valence-electron chi connectivity index (χ1n) is 10.3. The molecule has 0 saturated carbocycles. The third kappa shape index (κ3) is 5.25. The Kier molecular flexibility index (Phi) is 6.97. The van der Waals surface area contributed by atoms with Crippen LogP contribution < -0.4 is 0 Å². The van der Waals surface area contributed by atoms with E-state index >= 15 is 0 Å². The molecule has 0 spiro atoms. The van der Waals surface area contributed by atoms with Crippen molar-refractivity contribution in [1.82, 2.24) is 4.90 Å². The third-order valence-electron chi connectivity index (χ3n) is 6.53. The van der Waals surface area contributed by atoms with Crippen LogP contribution in [0.1, 0.15) is 37.8 Å². The molecule has 1 saturated heterocycles. The standard InChI is InChI=1S/C24H32ClNO3S/c1-23(2,20-7-9-21(25)10-8-20)26-16-15-24(17-26,18-29-3)14-13-19-5-11-22(12-6-19)30(4,27)28/h5-12H,13-18H2,1-4H3/t24-/m0/s1. The summed E-state index contributed by atoms with van der Waals surface area (Å²) in [5.41, 5.74) is 2.43. The Morgan fingerprint density at radius 3 is 2.30 bits per heavy atom. The highest BCUT2D eigenvalue weighted by molar-refractivity contribution is 7.90. The van der Waals surface area contributed by atoms with Crippen molar-refractivity contribution in [3.05, 3.63) is 64.7 Å². The molecule has 0 aliphatic carbocycles. The van der Waals surface area contributed by atoms with Crippen molar-refractivity contribution in [3.8, 4) is 0 Å². The molecular formula is C24H32ClNO3S. The van der Waals surface area contributed by atoms with E-state index in [1.807, 2.05) is 24.3 Å². The number of hydrogen-bond acceptors (Lipinski definition) is 4. The molecule has 1 atom stereocenters. The number of rotatable bonds is 8. The summed E-state index contributed by atoms with van der Waals surface area (Å²) in [5.74, 6) is 0. The molecule has 2 aromatic carbocycles. The van der Waals surface area contributed by atoms with Gasteiger partial charge in [0.2, 0.25) is 0 Å². The topological polar surface area (TPSA) is 46.6 Å². The monoisotopic (exact) mass is 449 g/mol. The van der Waals surface area contributed by atoms with E-state index in [0.29, 0.717) is 4.90 Å². The normalized spacial score (nSPS) is 20.6. The van der Waals surface area contributed by atoms with E-state index in [1.54, 1.807) is 19.2 Å². The molecule has 0 bridgehead atoms. The first kappa shape index (κ1) is 23.3. The minimum Gasteiger partial charge on any atom is -0.384 e. The second-order valence-corrected chi connectivity index (χ2v) is 11.5. The number of halogens is 1. The number of methoxy groups -OCH3 is 1. The molecule has 0 unspecified atom stereocenters. The van der Waals surface area contributed by atoms with Crippen LogP contribution in [0.2, 0.25) is 5.02 Å². The van der Waals surface area contributed by atoms with E-state index in [-0.39, 0.29) is 11.0 Å². The van der Waals surface area contributed by atoms with Gasteiger partial charge in [0.05, 0.1) is 11.5 Å². The van der Waals surface area contributed by atoms with Gasteiger partial charge in [-0.3, -0.25) is 4.90 Å². The van der Waals surface area contributed by atoms with Crippen molar-refractivity contribution in [3.63, 3.8) is 0 Å². The quantitative estimate of drug-likeness (QED) is 0.572. The van der Waals surface area contributed by atoms with E-state index in [9.17, 15) is 8.42 Å². The van der Waals surface area contributed by atoms with Crippen LogP contribution in [0.25, 0.3) is 0 Å². The molecule has 6 heteroatoms. The maximum atomic E-state index is 11.7. The average molecular weight is 450 g/mol. The zero-order valence-corrected chi connectivity index (χ0v) is 19.9. The second-order valence-electron chi connectivity index (χ2n) is 9.09. The van der Waals surface area contributed by atoms with Gasteiger partial charge in [0.15, 0.2) is 9.84 Å². The summed E-state index contributed by atoms with van der Waals surface area (Å²) < 4.78 is 29.0. The molecule has 0 amide bonds. The lowest BCUT2D eigenvalue weighted by atomic mass is 9.81. The molecule has 0 N–H and O–H groups in total. The highest BCUT2D eigenvalue weighted by Crippen LogP contribution is 2.41. The zero-order valence-electron chi connectivity index (χ0n) is 18.3. The number of benzene rings is 2. The van der Waals surface area contributed by atoms with E-state index in [0.717, 1.165) is 49.5 Å². The smallest absolute Gasteiger partial charge is 0.175 e. The van der Waals surface area contributed by atoms with Gasteiger partial charge in [-0.25, -0.2) is 8.42 Å². The largest absolute Gasteiger partial charge is 0.384 e. The van der Waals surface area contributed by atoms with Crippen LogP contribution in [0.15, 0.2) is 53.4 Å².